The van der Waals surface area contributed by atoms with E-state index in [0.717, 1.165) is 23.4 Å². The van der Waals surface area contributed by atoms with Crippen LogP contribution in [0.1, 0.15) is 27.2 Å². The van der Waals surface area contributed by atoms with Crippen molar-refractivity contribution in [3.05, 3.63) is 35.9 Å². The molecule has 0 fully saturated rings. The fourth-order valence-corrected chi connectivity index (χ4v) is 2.04. The van der Waals surface area contributed by atoms with Crippen LogP contribution in [0.25, 0.3) is 0 Å². The lowest BCUT2D eigenvalue weighted by Gasteiger charge is -2.34. The van der Waals surface area contributed by atoms with Gasteiger partial charge in [-0.15, -0.1) is 0 Å². The van der Waals surface area contributed by atoms with Crippen molar-refractivity contribution < 1.29 is 9.53 Å². The van der Waals surface area contributed by atoms with E-state index >= 15 is 0 Å². The van der Waals surface area contributed by atoms with Crippen LogP contribution in [0.3, 0.4) is 0 Å². The molecule has 1 heterocycles. The predicted molar refractivity (Wildman–Crippen MR) is 72.9 cm³/mol. The molecule has 3 nitrogen and oxygen atoms in total. The molecule has 1 unspecified atom stereocenters. The minimum atomic E-state index is 0.0317. The summed E-state index contributed by atoms with van der Waals surface area (Å²) >= 11 is 0. The first-order chi connectivity index (χ1) is 8.61. The molecule has 1 aromatic carbocycles. The summed E-state index contributed by atoms with van der Waals surface area (Å²) in [5.41, 5.74) is 1.88. The molecule has 0 aliphatic carbocycles. The number of carbonyl (C=O) groups is 1. The molecule has 0 radical (unpaired) electrons. The van der Waals surface area contributed by atoms with Crippen molar-refractivity contribution >= 4 is 11.6 Å². The van der Waals surface area contributed by atoms with E-state index in [1.54, 1.807) is 11.0 Å². The Morgan fingerprint density at radius 1 is 1.44 bits per heavy atom. The average molecular weight is 245 g/mol. The lowest BCUT2D eigenvalue weighted by atomic mass is 10.1. The van der Waals surface area contributed by atoms with E-state index in [-0.39, 0.29) is 12.0 Å². The van der Waals surface area contributed by atoms with E-state index in [1.807, 2.05) is 38.1 Å². The Hall–Kier alpha value is -1.77. The van der Waals surface area contributed by atoms with Crippen molar-refractivity contribution in [2.24, 2.45) is 0 Å². The lowest BCUT2D eigenvalue weighted by molar-refractivity contribution is -0.114. The summed E-state index contributed by atoms with van der Waals surface area (Å²) in [6.07, 6.45) is 2.65. The van der Waals surface area contributed by atoms with E-state index in [1.165, 1.54) is 0 Å². The highest BCUT2D eigenvalue weighted by molar-refractivity contribution is 6.03. The minimum Gasteiger partial charge on any atom is -0.486 e. The maximum absolute atomic E-state index is 12.2. The normalized spacial score (nSPS) is 17.7. The topological polar surface area (TPSA) is 29.5 Å². The quantitative estimate of drug-likeness (QED) is 0.749. The number of amides is 1. The van der Waals surface area contributed by atoms with Crippen molar-refractivity contribution in [1.29, 1.82) is 0 Å². The SMILES string of the molecule is CCC1CN(C(=O)C=C(C)C)c2ccccc2O1. The van der Waals surface area contributed by atoms with Gasteiger partial charge < -0.3 is 9.64 Å². The second-order valence-corrected chi connectivity index (χ2v) is 4.79. The molecule has 0 spiro atoms. The van der Waals surface area contributed by atoms with Crippen molar-refractivity contribution in [3.8, 4) is 5.75 Å². The molecule has 2 rings (SSSR count). The third-order valence-corrected chi connectivity index (χ3v) is 2.97. The highest BCUT2D eigenvalue weighted by Crippen LogP contribution is 2.33. The maximum Gasteiger partial charge on any atom is 0.251 e. The second kappa shape index (κ2) is 5.25. The summed E-state index contributed by atoms with van der Waals surface area (Å²) in [5, 5.41) is 0. The Morgan fingerprint density at radius 2 is 2.17 bits per heavy atom. The molecule has 1 aliphatic heterocycles. The molecule has 1 amide bonds. The van der Waals surface area contributed by atoms with E-state index < -0.39 is 0 Å². The number of carbonyl (C=O) groups excluding carboxylic acids is 1. The van der Waals surface area contributed by atoms with Crippen LogP contribution in [-0.2, 0) is 4.79 Å². The van der Waals surface area contributed by atoms with Gasteiger partial charge in [0.1, 0.15) is 11.9 Å². The van der Waals surface area contributed by atoms with Crippen LogP contribution < -0.4 is 9.64 Å². The van der Waals surface area contributed by atoms with Gasteiger partial charge in [-0.3, -0.25) is 4.79 Å². The molecular weight excluding hydrogens is 226 g/mol. The van der Waals surface area contributed by atoms with Gasteiger partial charge in [0.2, 0.25) is 0 Å². The number of nitrogens with zero attached hydrogens (tertiary/aromatic N) is 1. The zero-order valence-electron chi connectivity index (χ0n) is 11.1. The third kappa shape index (κ3) is 2.55. The maximum atomic E-state index is 12.2. The number of allylic oxidation sites excluding steroid dienone is 1. The summed E-state index contributed by atoms with van der Waals surface area (Å²) in [6, 6.07) is 7.70. The minimum absolute atomic E-state index is 0.0317. The van der Waals surface area contributed by atoms with Gasteiger partial charge >= 0.3 is 0 Å². The van der Waals surface area contributed by atoms with E-state index in [0.29, 0.717) is 6.54 Å². The zero-order valence-corrected chi connectivity index (χ0v) is 11.1. The third-order valence-electron chi connectivity index (χ3n) is 2.97. The van der Waals surface area contributed by atoms with Crippen molar-refractivity contribution in [2.45, 2.75) is 33.3 Å². The molecule has 1 aromatic rings. The highest BCUT2D eigenvalue weighted by atomic mass is 16.5. The molecule has 96 valence electrons. The lowest BCUT2D eigenvalue weighted by Crippen LogP contribution is -2.42. The monoisotopic (exact) mass is 245 g/mol. The number of hydrogen-bond acceptors (Lipinski definition) is 2. The smallest absolute Gasteiger partial charge is 0.251 e. The summed E-state index contributed by atoms with van der Waals surface area (Å²) in [6.45, 7) is 6.56. The standard InChI is InChI=1S/C15H19NO2/c1-4-12-10-16(15(17)9-11(2)3)13-7-5-6-8-14(13)18-12/h5-9,12H,4,10H2,1-3H3. The molecule has 3 heteroatoms. The number of anilines is 1. The molecule has 1 aliphatic rings. The molecule has 0 saturated carbocycles. The van der Waals surface area contributed by atoms with Crippen LogP contribution in [0.5, 0.6) is 5.75 Å². The summed E-state index contributed by atoms with van der Waals surface area (Å²) < 4.78 is 5.85. The average Bonchev–Trinajstić information content (AvgIpc) is 2.36. The summed E-state index contributed by atoms with van der Waals surface area (Å²) in [5.74, 6) is 0.829. The van der Waals surface area contributed by atoms with E-state index in [2.05, 4.69) is 6.92 Å². The molecule has 0 aromatic heterocycles. The Bertz CT molecular complexity index is 475. The van der Waals surface area contributed by atoms with Crippen LogP contribution >= 0.6 is 0 Å². The van der Waals surface area contributed by atoms with Crippen LogP contribution in [0.4, 0.5) is 5.69 Å². The Kier molecular flexibility index (Phi) is 3.70. The van der Waals surface area contributed by atoms with Crippen molar-refractivity contribution in [1.82, 2.24) is 0 Å². The number of para-hydroxylation sites is 2. The number of ether oxygens (including phenoxy) is 1. The Labute approximate surface area is 108 Å². The fourth-order valence-electron chi connectivity index (χ4n) is 2.04. The van der Waals surface area contributed by atoms with Crippen LogP contribution in [-0.4, -0.2) is 18.6 Å². The Morgan fingerprint density at radius 3 is 2.83 bits per heavy atom. The van der Waals surface area contributed by atoms with Crippen LogP contribution in [0, 0.1) is 0 Å². The first-order valence-corrected chi connectivity index (χ1v) is 6.34. The van der Waals surface area contributed by atoms with Crippen molar-refractivity contribution in [3.63, 3.8) is 0 Å². The molecule has 0 saturated heterocycles. The van der Waals surface area contributed by atoms with Crippen LogP contribution in [0.2, 0.25) is 0 Å². The van der Waals surface area contributed by atoms with E-state index in [9.17, 15) is 4.79 Å². The molecular formula is C15H19NO2. The summed E-state index contributed by atoms with van der Waals surface area (Å²) in [4.78, 5) is 14.0. The van der Waals surface area contributed by atoms with Crippen LogP contribution in [0.15, 0.2) is 35.9 Å². The van der Waals surface area contributed by atoms with Gasteiger partial charge in [0.05, 0.1) is 12.2 Å². The predicted octanol–water partition coefficient (Wildman–Crippen LogP) is 3.16. The largest absolute Gasteiger partial charge is 0.486 e. The van der Waals surface area contributed by atoms with E-state index in [4.69, 9.17) is 4.74 Å². The molecule has 0 bridgehead atoms. The Balaban J connectivity index is 2.35. The second-order valence-electron chi connectivity index (χ2n) is 4.79. The molecule has 18 heavy (non-hydrogen) atoms. The number of rotatable bonds is 2. The highest BCUT2D eigenvalue weighted by Gasteiger charge is 2.27. The van der Waals surface area contributed by atoms with Gasteiger partial charge in [-0.2, -0.15) is 0 Å². The summed E-state index contributed by atoms with van der Waals surface area (Å²) in [7, 11) is 0. The number of benzene rings is 1. The van der Waals surface area contributed by atoms with Crippen molar-refractivity contribution in [2.75, 3.05) is 11.4 Å². The molecule has 0 N–H and O–H groups in total. The van der Waals surface area contributed by atoms with Gasteiger partial charge in [0.15, 0.2) is 0 Å². The van der Waals surface area contributed by atoms with Gasteiger partial charge in [-0.25, -0.2) is 0 Å². The first-order valence-electron chi connectivity index (χ1n) is 6.34. The van der Waals surface area contributed by atoms with Gasteiger partial charge in [-0.1, -0.05) is 24.6 Å². The van der Waals surface area contributed by atoms with Gasteiger partial charge in [0.25, 0.3) is 5.91 Å². The fraction of sp³-hybridized carbons (Fsp3) is 0.400. The first kappa shape index (κ1) is 12.7. The van der Waals surface area contributed by atoms with Gasteiger partial charge in [0, 0.05) is 6.08 Å². The number of fused-ring (bicyclic) bond motifs is 1. The van der Waals surface area contributed by atoms with Gasteiger partial charge in [-0.05, 0) is 32.4 Å². The number of hydrogen-bond donors (Lipinski definition) is 0. The zero-order chi connectivity index (χ0) is 13.1. The molecule has 1 atom stereocenters.